The molecule has 148 valence electrons. The molecule has 2 aliphatic rings. The maximum atomic E-state index is 12.6. The lowest BCUT2D eigenvalue weighted by Crippen LogP contribution is -2.41. The van der Waals surface area contributed by atoms with Gasteiger partial charge in [-0.2, -0.15) is 0 Å². The average Bonchev–Trinajstić information content (AvgIpc) is 3.46. The van der Waals surface area contributed by atoms with E-state index >= 15 is 0 Å². The highest BCUT2D eigenvalue weighted by Crippen LogP contribution is 2.44. The maximum absolute atomic E-state index is 12.6. The number of ether oxygens (including phenoxy) is 2. The van der Waals surface area contributed by atoms with Crippen molar-refractivity contribution in [3.8, 4) is 22.9 Å². The summed E-state index contributed by atoms with van der Waals surface area (Å²) in [5.74, 6) is 1.37. The molecule has 2 atom stereocenters. The molecule has 2 bridgehead atoms. The smallest absolute Gasteiger partial charge is 0.439 e. The zero-order chi connectivity index (χ0) is 19.8. The molecule has 0 radical (unpaired) electrons. The molecule has 1 aromatic heterocycles. The van der Waals surface area contributed by atoms with Gasteiger partial charge in [0.05, 0.1) is 6.61 Å². The second kappa shape index (κ2) is 6.89. The van der Waals surface area contributed by atoms with Gasteiger partial charge in [0, 0.05) is 11.3 Å². The fourth-order valence-corrected chi connectivity index (χ4v) is 3.98. The molecule has 2 unspecified atom stereocenters. The van der Waals surface area contributed by atoms with Crippen LogP contribution in [0.3, 0.4) is 0 Å². The predicted molar refractivity (Wildman–Crippen MR) is 104 cm³/mol. The van der Waals surface area contributed by atoms with E-state index in [0.717, 1.165) is 19.3 Å². The summed E-state index contributed by atoms with van der Waals surface area (Å²) < 4.78 is 16.2. The SMILES string of the molecule is O=C(Nc1ccc(Oc2cccc(-c3noc(=O)[nH]3)c2)cc1)C12CCC(CO1)C2. The van der Waals surface area contributed by atoms with Gasteiger partial charge in [0.15, 0.2) is 5.82 Å². The first kappa shape index (κ1) is 17.7. The summed E-state index contributed by atoms with van der Waals surface area (Å²) in [6.45, 7) is 0.682. The molecule has 1 saturated heterocycles. The number of aromatic amines is 1. The van der Waals surface area contributed by atoms with Gasteiger partial charge in [0.1, 0.15) is 17.1 Å². The fourth-order valence-electron chi connectivity index (χ4n) is 3.98. The van der Waals surface area contributed by atoms with Crippen LogP contribution in [0.1, 0.15) is 19.3 Å². The number of anilines is 1. The minimum Gasteiger partial charge on any atom is -0.457 e. The number of hydrogen-bond acceptors (Lipinski definition) is 6. The van der Waals surface area contributed by atoms with E-state index in [9.17, 15) is 9.59 Å². The quantitative estimate of drug-likeness (QED) is 0.689. The van der Waals surface area contributed by atoms with E-state index in [4.69, 9.17) is 9.47 Å². The van der Waals surface area contributed by atoms with Crippen molar-refractivity contribution >= 4 is 11.6 Å². The van der Waals surface area contributed by atoms with Crippen molar-refractivity contribution in [3.63, 3.8) is 0 Å². The molecule has 1 aliphatic carbocycles. The van der Waals surface area contributed by atoms with E-state index in [-0.39, 0.29) is 5.91 Å². The second-order valence-electron chi connectivity index (χ2n) is 7.47. The first-order valence-corrected chi connectivity index (χ1v) is 9.49. The summed E-state index contributed by atoms with van der Waals surface area (Å²) in [5.41, 5.74) is 0.718. The van der Waals surface area contributed by atoms with Crippen LogP contribution in [0.5, 0.6) is 11.5 Å². The molecule has 2 heterocycles. The Hall–Kier alpha value is -3.39. The van der Waals surface area contributed by atoms with E-state index in [1.807, 2.05) is 0 Å². The molecular formula is C21H19N3O5. The lowest BCUT2D eigenvalue weighted by molar-refractivity contribution is -0.137. The van der Waals surface area contributed by atoms with Gasteiger partial charge in [0.25, 0.3) is 5.91 Å². The first-order valence-electron chi connectivity index (χ1n) is 9.49. The van der Waals surface area contributed by atoms with Crippen LogP contribution in [-0.4, -0.2) is 28.3 Å². The van der Waals surface area contributed by atoms with Gasteiger partial charge in [0.2, 0.25) is 0 Å². The molecule has 29 heavy (non-hydrogen) atoms. The van der Waals surface area contributed by atoms with Crippen molar-refractivity contribution in [2.75, 3.05) is 11.9 Å². The number of hydrogen-bond donors (Lipinski definition) is 2. The minimum atomic E-state index is -0.650. The van der Waals surface area contributed by atoms with Crippen LogP contribution in [0.2, 0.25) is 0 Å². The van der Waals surface area contributed by atoms with Crippen molar-refractivity contribution in [2.45, 2.75) is 24.9 Å². The summed E-state index contributed by atoms with van der Waals surface area (Å²) in [7, 11) is 0. The molecule has 2 fully saturated rings. The third-order valence-electron chi connectivity index (χ3n) is 5.48. The Labute approximate surface area is 165 Å². The van der Waals surface area contributed by atoms with Crippen molar-refractivity contribution in [1.82, 2.24) is 10.1 Å². The number of aromatic nitrogens is 2. The average molecular weight is 393 g/mol. The van der Waals surface area contributed by atoms with Crippen LogP contribution >= 0.6 is 0 Å². The van der Waals surface area contributed by atoms with E-state index < -0.39 is 11.4 Å². The van der Waals surface area contributed by atoms with E-state index in [1.165, 1.54) is 0 Å². The van der Waals surface area contributed by atoms with Crippen molar-refractivity contribution in [3.05, 3.63) is 59.1 Å². The standard InChI is InChI=1S/C21H19N3O5/c25-19(21-9-8-13(11-21)12-27-21)22-15-4-6-16(7-5-15)28-17-3-1-2-14(10-17)18-23-20(26)29-24-18/h1-7,10,13H,8-9,11-12H2,(H,22,25)(H,23,24,26). The Bertz CT molecular complexity index is 1090. The number of benzene rings is 2. The lowest BCUT2D eigenvalue weighted by atomic mass is 10.0. The number of rotatable bonds is 5. The normalized spacial score (nSPS) is 22.6. The highest BCUT2D eigenvalue weighted by atomic mass is 16.5. The van der Waals surface area contributed by atoms with E-state index in [2.05, 4.69) is 20.0 Å². The Balaban J connectivity index is 1.26. The van der Waals surface area contributed by atoms with Gasteiger partial charge < -0.3 is 14.8 Å². The zero-order valence-corrected chi connectivity index (χ0v) is 15.5. The Morgan fingerprint density at radius 3 is 2.72 bits per heavy atom. The summed E-state index contributed by atoms with van der Waals surface area (Å²) in [6, 6.07) is 14.3. The molecule has 1 amide bonds. The molecule has 0 spiro atoms. The number of fused-ring (bicyclic) bond motifs is 2. The van der Waals surface area contributed by atoms with E-state index in [0.29, 0.717) is 41.1 Å². The molecule has 3 aromatic rings. The fraction of sp³-hybridized carbons (Fsp3) is 0.286. The van der Waals surface area contributed by atoms with Gasteiger partial charge in [-0.15, -0.1) is 0 Å². The molecule has 1 aliphatic heterocycles. The van der Waals surface area contributed by atoms with Gasteiger partial charge in [-0.05, 0) is 61.6 Å². The van der Waals surface area contributed by atoms with Crippen LogP contribution in [0, 0.1) is 5.92 Å². The third kappa shape index (κ3) is 3.42. The largest absolute Gasteiger partial charge is 0.457 e. The number of carbonyl (C=O) groups is 1. The Morgan fingerprint density at radius 2 is 2.07 bits per heavy atom. The van der Waals surface area contributed by atoms with Gasteiger partial charge in [-0.3, -0.25) is 14.3 Å². The Kier molecular flexibility index (Phi) is 4.21. The summed E-state index contributed by atoms with van der Waals surface area (Å²) >= 11 is 0. The number of nitrogens with one attached hydrogen (secondary N) is 2. The number of amides is 1. The van der Waals surface area contributed by atoms with Crippen LogP contribution in [0.25, 0.3) is 11.4 Å². The van der Waals surface area contributed by atoms with Crippen LogP contribution in [0.15, 0.2) is 57.8 Å². The van der Waals surface area contributed by atoms with Crippen molar-refractivity contribution in [1.29, 1.82) is 0 Å². The van der Waals surface area contributed by atoms with Gasteiger partial charge in [-0.1, -0.05) is 17.3 Å². The van der Waals surface area contributed by atoms with Crippen molar-refractivity contribution < 1.29 is 18.8 Å². The topological polar surface area (TPSA) is 106 Å². The monoisotopic (exact) mass is 393 g/mol. The van der Waals surface area contributed by atoms with E-state index in [1.54, 1.807) is 48.5 Å². The summed E-state index contributed by atoms with van der Waals surface area (Å²) in [4.78, 5) is 26.3. The van der Waals surface area contributed by atoms with Crippen LogP contribution < -0.4 is 15.8 Å². The molecule has 8 nitrogen and oxygen atoms in total. The van der Waals surface area contributed by atoms with Gasteiger partial charge >= 0.3 is 5.76 Å². The summed E-state index contributed by atoms with van der Waals surface area (Å²) in [6.07, 6.45) is 2.66. The molecule has 5 rings (SSSR count). The molecule has 2 aromatic carbocycles. The first-order chi connectivity index (χ1) is 14.1. The highest BCUT2D eigenvalue weighted by molar-refractivity contribution is 5.97. The molecule has 1 saturated carbocycles. The van der Waals surface area contributed by atoms with Crippen molar-refractivity contribution in [2.24, 2.45) is 5.92 Å². The predicted octanol–water partition coefficient (Wildman–Crippen LogP) is 3.33. The molecule has 2 N–H and O–H groups in total. The highest BCUT2D eigenvalue weighted by Gasteiger charge is 2.51. The number of nitrogens with zero attached hydrogens (tertiary/aromatic N) is 1. The third-order valence-corrected chi connectivity index (χ3v) is 5.48. The number of carbonyl (C=O) groups excluding carboxylic acids is 1. The minimum absolute atomic E-state index is 0.0690. The Morgan fingerprint density at radius 1 is 1.21 bits per heavy atom. The van der Waals surface area contributed by atoms with Crippen LogP contribution in [-0.2, 0) is 9.53 Å². The lowest BCUT2D eigenvalue weighted by Gasteiger charge is -2.25. The van der Waals surface area contributed by atoms with Crippen LogP contribution in [0.4, 0.5) is 5.69 Å². The molecular weight excluding hydrogens is 374 g/mol. The molecule has 8 heteroatoms. The van der Waals surface area contributed by atoms with Gasteiger partial charge in [-0.25, -0.2) is 4.79 Å². The zero-order valence-electron chi connectivity index (χ0n) is 15.5. The maximum Gasteiger partial charge on any atom is 0.439 e. The second-order valence-corrected chi connectivity index (χ2v) is 7.47. The number of H-pyrrole nitrogens is 1. The summed E-state index contributed by atoms with van der Waals surface area (Å²) in [5, 5.41) is 6.63.